The molecule has 0 unspecified atom stereocenters. The third kappa shape index (κ3) is 7.48. The summed E-state index contributed by atoms with van der Waals surface area (Å²) in [5.74, 6) is -0.337. The normalized spacial score (nSPS) is 10.9. The maximum atomic E-state index is 12.0. The molecule has 0 aromatic heterocycles. The Kier molecular flexibility index (Phi) is 9.18. The summed E-state index contributed by atoms with van der Waals surface area (Å²) < 4.78 is 5.21. The van der Waals surface area contributed by atoms with Gasteiger partial charge in [-0.15, -0.1) is 0 Å². The Morgan fingerprint density at radius 1 is 1.35 bits per heavy atom. The first kappa shape index (κ1) is 18.7. The van der Waals surface area contributed by atoms with Crippen LogP contribution >= 0.6 is 0 Å². The summed E-state index contributed by atoms with van der Waals surface area (Å²) in [6.07, 6.45) is 2.37. The molecular weight excluding hydrogens is 290 g/mol. The second-order valence-corrected chi connectivity index (χ2v) is 5.01. The minimum atomic E-state index is -0.337. The molecule has 0 aliphatic heterocycles. The van der Waals surface area contributed by atoms with E-state index in [0.717, 1.165) is 18.5 Å². The van der Waals surface area contributed by atoms with Crippen molar-refractivity contribution in [2.24, 2.45) is 0 Å². The van der Waals surface area contributed by atoms with E-state index in [-0.39, 0.29) is 11.5 Å². The number of hydrogen-bond acceptors (Lipinski definition) is 4. The first-order valence-electron chi connectivity index (χ1n) is 7.97. The summed E-state index contributed by atoms with van der Waals surface area (Å²) in [6, 6.07) is 11.9. The molecule has 0 fully saturated rings. The molecule has 0 spiro atoms. The van der Waals surface area contributed by atoms with E-state index in [9.17, 15) is 10.1 Å². The molecular formula is C18H25N3O2. The van der Waals surface area contributed by atoms with Crippen molar-refractivity contribution < 1.29 is 9.53 Å². The van der Waals surface area contributed by atoms with Gasteiger partial charge in [0, 0.05) is 39.0 Å². The Labute approximate surface area is 138 Å². The van der Waals surface area contributed by atoms with Crippen molar-refractivity contribution in [2.75, 3.05) is 26.3 Å². The summed E-state index contributed by atoms with van der Waals surface area (Å²) in [5.41, 5.74) is 1.26. The molecule has 5 heteroatoms. The molecule has 0 radical (unpaired) electrons. The maximum Gasteiger partial charge on any atom is 0.263 e. The average Bonchev–Trinajstić information content (AvgIpc) is 2.59. The zero-order valence-corrected chi connectivity index (χ0v) is 13.9. The monoisotopic (exact) mass is 315 g/mol. The minimum Gasteiger partial charge on any atom is -0.382 e. The van der Waals surface area contributed by atoms with Gasteiger partial charge in [-0.05, 0) is 25.8 Å². The predicted molar refractivity (Wildman–Crippen MR) is 90.3 cm³/mol. The van der Waals surface area contributed by atoms with Gasteiger partial charge in [0.25, 0.3) is 5.91 Å². The standard InChI is InChI=1S/C18H25N3O2/c1-3-21(14-16-9-6-5-7-10-16)15-17(13-19)18(22)20-11-8-12-23-4-2/h5-7,9-10,15H,3-4,8,11-12,14H2,1-2H3,(H,20,22)/b17-15-. The molecule has 1 rings (SSSR count). The van der Waals surface area contributed by atoms with E-state index in [1.165, 1.54) is 0 Å². The number of hydrogen-bond donors (Lipinski definition) is 1. The molecule has 0 heterocycles. The zero-order chi connectivity index (χ0) is 16.9. The van der Waals surface area contributed by atoms with Gasteiger partial charge in [-0.2, -0.15) is 5.26 Å². The van der Waals surface area contributed by atoms with Gasteiger partial charge in [-0.1, -0.05) is 30.3 Å². The molecule has 1 N–H and O–H groups in total. The Morgan fingerprint density at radius 2 is 2.09 bits per heavy atom. The number of amides is 1. The molecule has 1 amide bonds. The third-order valence-electron chi connectivity index (χ3n) is 3.27. The zero-order valence-electron chi connectivity index (χ0n) is 13.9. The van der Waals surface area contributed by atoms with Crippen LogP contribution in [-0.2, 0) is 16.1 Å². The van der Waals surface area contributed by atoms with Crippen LogP contribution in [0.2, 0.25) is 0 Å². The van der Waals surface area contributed by atoms with Gasteiger partial charge < -0.3 is 15.0 Å². The molecule has 0 atom stereocenters. The highest BCUT2D eigenvalue weighted by Gasteiger charge is 2.10. The van der Waals surface area contributed by atoms with E-state index in [1.807, 2.05) is 55.1 Å². The quantitative estimate of drug-likeness (QED) is 0.409. The van der Waals surface area contributed by atoms with Gasteiger partial charge in [0.15, 0.2) is 0 Å². The topological polar surface area (TPSA) is 65.4 Å². The van der Waals surface area contributed by atoms with Crippen LogP contribution in [0.3, 0.4) is 0 Å². The first-order valence-corrected chi connectivity index (χ1v) is 7.97. The molecule has 0 saturated carbocycles. The van der Waals surface area contributed by atoms with Crippen molar-refractivity contribution in [2.45, 2.75) is 26.8 Å². The van der Waals surface area contributed by atoms with Gasteiger partial charge in [-0.25, -0.2) is 0 Å². The molecule has 5 nitrogen and oxygen atoms in total. The molecule has 124 valence electrons. The summed E-state index contributed by atoms with van der Waals surface area (Å²) in [5, 5.41) is 12.0. The predicted octanol–water partition coefficient (Wildman–Crippen LogP) is 2.46. The first-order chi connectivity index (χ1) is 11.2. The van der Waals surface area contributed by atoms with Gasteiger partial charge >= 0.3 is 0 Å². The number of rotatable bonds is 10. The fourth-order valence-electron chi connectivity index (χ4n) is 2.00. The number of ether oxygens (including phenoxy) is 1. The summed E-state index contributed by atoms with van der Waals surface area (Å²) in [6.45, 7) is 7.09. The van der Waals surface area contributed by atoms with E-state index in [1.54, 1.807) is 6.20 Å². The Bertz CT molecular complexity index is 535. The number of benzene rings is 1. The Balaban J connectivity index is 2.57. The second-order valence-electron chi connectivity index (χ2n) is 5.01. The largest absolute Gasteiger partial charge is 0.382 e. The molecule has 1 aromatic carbocycles. The lowest BCUT2D eigenvalue weighted by Crippen LogP contribution is -2.28. The molecule has 0 bridgehead atoms. The van der Waals surface area contributed by atoms with Crippen molar-refractivity contribution in [1.29, 1.82) is 5.26 Å². The average molecular weight is 315 g/mol. The van der Waals surface area contributed by atoms with Crippen LogP contribution in [0.15, 0.2) is 42.1 Å². The fourth-order valence-corrected chi connectivity index (χ4v) is 2.00. The molecule has 0 saturated heterocycles. The summed E-state index contributed by atoms with van der Waals surface area (Å²) in [7, 11) is 0. The lowest BCUT2D eigenvalue weighted by atomic mass is 10.2. The second kappa shape index (κ2) is 11.3. The Hall–Kier alpha value is -2.32. The number of carbonyl (C=O) groups is 1. The smallest absolute Gasteiger partial charge is 0.263 e. The Morgan fingerprint density at radius 3 is 2.70 bits per heavy atom. The van der Waals surface area contributed by atoms with E-state index in [2.05, 4.69) is 5.32 Å². The SMILES string of the molecule is CCOCCCNC(=O)/C(C#N)=C\N(CC)Cc1ccccc1. The van der Waals surface area contributed by atoms with Crippen LogP contribution in [0, 0.1) is 11.3 Å². The van der Waals surface area contributed by atoms with E-state index in [0.29, 0.717) is 26.3 Å². The van der Waals surface area contributed by atoms with Crippen LogP contribution < -0.4 is 5.32 Å². The lowest BCUT2D eigenvalue weighted by Gasteiger charge is -2.19. The van der Waals surface area contributed by atoms with Crippen LogP contribution in [0.1, 0.15) is 25.8 Å². The van der Waals surface area contributed by atoms with Crippen molar-refractivity contribution in [3.05, 3.63) is 47.7 Å². The number of nitriles is 1. The van der Waals surface area contributed by atoms with Crippen LogP contribution in [0.5, 0.6) is 0 Å². The maximum absolute atomic E-state index is 12.0. The van der Waals surface area contributed by atoms with Crippen molar-refractivity contribution in [3.8, 4) is 6.07 Å². The van der Waals surface area contributed by atoms with E-state index < -0.39 is 0 Å². The molecule has 0 aliphatic rings. The van der Waals surface area contributed by atoms with Crippen LogP contribution in [0.4, 0.5) is 0 Å². The highest BCUT2D eigenvalue weighted by Crippen LogP contribution is 2.06. The van der Waals surface area contributed by atoms with Crippen molar-refractivity contribution >= 4 is 5.91 Å². The highest BCUT2D eigenvalue weighted by molar-refractivity contribution is 5.97. The van der Waals surface area contributed by atoms with Crippen LogP contribution in [-0.4, -0.2) is 37.1 Å². The lowest BCUT2D eigenvalue weighted by molar-refractivity contribution is -0.117. The number of carbonyl (C=O) groups excluding carboxylic acids is 1. The summed E-state index contributed by atoms with van der Waals surface area (Å²) >= 11 is 0. The third-order valence-corrected chi connectivity index (χ3v) is 3.27. The fraction of sp³-hybridized carbons (Fsp3) is 0.444. The van der Waals surface area contributed by atoms with Gasteiger partial charge in [0.1, 0.15) is 11.6 Å². The highest BCUT2D eigenvalue weighted by atomic mass is 16.5. The van der Waals surface area contributed by atoms with Gasteiger partial charge in [-0.3, -0.25) is 4.79 Å². The van der Waals surface area contributed by atoms with Crippen molar-refractivity contribution in [3.63, 3.8) is 0 Å². The molecule has 0 aliphatic carbocycles. The summed E-state index contributed by atoms with van der Waals surface area (Å²) in [4.78, 5) is 14.0. The van der Waals surface area contributed by atoms with E-state index in [4.69, 9.17) is 4.74 Å². The van der Waals surface area contributed by atoms with Crippen LogP contribution in [0.25, 0.3) is 0 Å². The molecule has 23 heavy (non-hydrogen) atoms. The van der Waals surface area contributed by atoms with Gasteiger partial charge in [0.05, 0.1) is 0 Å². The number of nitrogens with zero attached hydrogens (tertiary/aromatic N) is 2. The van der Waals surface area contributed by atoms with Gasteiger partial charge in [0.2, 0.25) is 0 Å². The van der Waals surface area contributed by atoms with Crippen molar-refractivity contribution in [1.82, 2.24) is 10.2 Å². The molecule has 1 aromatic rings. The van der Waals surface area contributed by atoms with E-state index >= 15 is 0 Å². The number of nitrogens with one attached hydrogen (secondary N) is 1. The minimum absolute atomic E-state index is 0.124.